The first kappa shape index (κ1) is 10.5. The molecule has 1 fully saturated rings. The minimum absolute atomic E-state index is 0.149. The van der Waals surface area contributed by atoms with E-state index in [-0.39, 0.29) is 12.5 Å². The van der Waals surface area contributed by atoms with Gasteiger partial charge in [-0.15, -0.1) is 0 Å². The van der Waals surface area contributed by atoms with Gasteiger partial charge in [0.2, 0.25) is 5.91 Å². The van der Waals surface area contributed by atoms with Crippen LogP contribution in [-0.4, -0.2) is 48.2 Å². The van der Waals surface area contributed by atoms with Crippen molar-refractivity contribution < 1.29 is 9.90 Å². The average molecular weight is 186 g/mol. The van der Waals surface area contributed by atoms with Gasteiger partial charge in [-0.05, 0) is 6.42 Å². The minimum atomic E-state index is 0.149. The molecule has 76 valence electrons. The number of aliphatic hydroxyl groups excluding tert-OH is 1. The molecule has 1 heterocycles. The molecular weight excluding hydrogens is 168 g/mol. The van der Waals surface area contributed by atoms with E-state index < -0.39 is 0 Å². The molecular formula is C9H18N2O2. The number of hydrogen-bond donors (Lipinski definition) is 2. The van der Waals surface area contributed by atoms with Crippen LogP contribution in [0.25, 0.3) is 0 Å². The van der Waals surface area contributed by atoms with Gasteiger partial charge >= 0.3 is 0 Å². The fourth-order valence-electron chi connectivity index (χ4n) is 1.51. The van der Waals surface area contributed by atoms with Gasteiger partial charge in [-0.25, -0.2) is 0 Å². The molecule has 1 amide bonds. The number of carbonyl (C=O) groups is 1. The molecule has 0 spiro atoms. The second-order valence-electron chi connectivity index (χ2n) is 3.50. The summed E-state index contributed by atoms with van der Waals surface area (Å²) in [5.74, 6) is 0.149. The lowest BCUT2D eigenvalue weighted by atomic mass is 10.1. The van der Waals surface area contributed by atoms with Gasteiger partial charge in [-0.1, -0.05) is 6.92 Å². The van der Waals surface area contributed by atoms with Crippen molar-refractivity contribution in [2.75, 3.05) is 26.2 Å². The highest BCUT2D eigenvalue weighted by Crippen LogP contribution is 2.06. The third-order valence-corrected chi connectivity index (χ3v) is 2.22. The Balaban J connectivity index is 2.04. The lowest BCUT2D eigenvalue weighted by Crippen LogP contribution is -2.59. The summed E-state index contributed by atoms with van der Waals surface area (Å²) in [5, 5.41) is 11.6. The first-order chi connectivity index (χ1) is 6.26. The zero-order valence-electron chi connectivity index (χ0n) is 8.12. The van der Waals surface area contributed by atoms with Crippen LogP contribution in [-0.2, 0) is 4.79 Å². The molecule has 0 saturated carbocycles. The maximum atomic E-state index is 11.1. The summed E-state index contributed by atoms with van der Waals surface area (Å²) in [6.07, 6.45) is 1.52. The first-order valence-corrected chi connectivity index (χ1v) is 4.88. The third kappa shape index (κ3) is 3.32. The van der Waals surface area contributed by atoms with Gasteiger partial charge in [-0.3, -0.25) is 9.69 Å². The van der Waals surface area contributed by atoms with Crippen LogP contribution in [0.15, 0.2) is 0 Å². The van der Waals surface area contributed by atoms with Crippen LogP contribution in [0.4, 0.5) is 0 Å². The SMILES string of the molecule is CCCC(=O)NC1CN(CCO)C1. The molecule has 1 aliphatic heterocycles. The van der Waals surface area contributed by atoms with E-state index in [4.69, 9.17) is 5.11 Å². The lowest BCUT2D eigenvalue weighted by molar-refractivity contribution is -0.123. The highest BCUT2D eigenvalue weighted by Gasteiger charge is 2.26. The summed E-state index contributed by atoms with van der Waals surface area (Å²) < 4.78 is 0. The third-order valence-electron chi connectivity index (χ3n) is 2.22. The van der Waals surface area contributed by atoms with Crippen molar-refractivity contribution in [3.05, 3.63) is 0 Å². The topological polar surface area (TPSA) is 52.6 Å². The molecule has 1 rings (SSSR count). The Morgan fingerprint density at radius 3 is 2.85 bits per heavy atom. The molecule has 0 unspecified atom stereocenters. The van der Waals surface area contributed by atoms with Gasteiger partial charge in [0.1, 0.15) is 0 Å². The lowest BCUT2D eigenvalue weighted by Gasteiger charge is -2.39. The van der Waals surface area contributed by atoms with E-state index in [2.05, 4.69) is 10.2 Å². The van der Waals surface area contributed by atoms with Crippen molar-refractivity contribution in [2.24, 2.45) is 0 Å². The van der Waals surface area contributed by atoms with Crippen LogP contribution in [0.2, 0.25) is 0 Å². The summed E-state index contributed by atoms with van der Waals surface area (Å²) in [5.41, 5.74) is 0. The molecule has 0 bridgehead atoms. The van der Waals surface area contributed by atoms with Gasteiger partial charge in [-0.2, -0.15) is 0 Å². The van der Waals surface area contributed by atoms with Gasteiger partial charge in [0.05, 0.1) is 12.6 Å². The summed E-state index contributed by atoms with van der Waals surface area (Å²) in [6, 6.07) is 0.311. The fourth-order valence-corrected chi connectivity index (χ4v) is 1.51. The largest absolute Gasteiger partial charge is 0.395 e. The molecule has 13 heavy (non-hydrogen) atoms. The molecule has 0 aromatic heterocycles. The van der Waals surface area contributed by atoms with Crippen molar-refractivity contribution in [2.45, 2.75) is 25.8 Å². The highest BCUT2D eigenvalue weighted by atomic mass is 16.3. The maximum Gasteiger partial charge on any atom is 0.220 e. The number of β-amino-alcohol motifs (C(OH)–C–C–N with tert-alkyl or cyclic N) is 1. The molecule has 2 N–H and O–H groups in total. The fraction of sp³-hybridized carbons (Fsp3) is 0.889. The summed E-state index contributed by atoms with van der Waals surface area (Å²) in [6.45, 7) is 4.69. The van der Waals surface area contributed by atoms with Gasteiger partial charge in [0.15, 0.2) is 0 Å². The predicted octanol–water partition coefficient (Wildman–Crippen LogP) is -0.421. The molecule has 0 aromatic rings. The first-order valence-electron chi connectivity index (χ1n) is 4.88. The Labute approximate surface area is 78.9 Å². The molecule has 1 saturated heterocycles. The Hall–Kier alpha value is -0.610. The van der Waals surface area contributed by atoms with E-state index in [0.717, 1.165) is 26.1 Å². The number of aliphatic hydroxyl groups is 1. The van der Waals surface area contributed by atoms with Crippen molar-refractivity contribution >= 4 is 5.91 Å². The van der Waals surface area contributed by atoms with Crippen LogP contribution in [0.3, 0.4) is 0 Å². The smallest absolute Gasteiger partial charge is 0.220 e. The second kappa shape index (κ2) is 5.19. The Morgan fingerprint density at radius 1 is 1.62 bits per heavy atom. The molecule has 0 aliphatic carbocycles. The minimum Gasteiger partial charge on any atom is -0.395 e. The zero-order chi connectivity index (χ0) is 9.68. The van der Waals surface area contributed by atoms with Crippen molar-refractivity contribution in [3.8, 4) is 0 Å². The Bertz CT molecular complexity index is 167. The summed E-state index contributed by atoms with van der Waals surface area (Å²) in [7, 11) is 0. The number of rotatable bonds is 5. The number of nitrogens with zero attached hydrogens (tertiary/aromatic N) is 1. The van der Waals surface area contributed by atoms with Crippen LogP contribution in [0, 0.1) is 0 Å². The maximum absolute atomic E-state index is 11.1. The Morgan fingerprint density at radius 2 is 2.31 bits per heavy atom. The van der Waals surface area contributed by atoms with Crippen LogP contribution in [0.5, 0.6) is 0 Å². The normalized spacial score (nSPS) is 18.3. The van der Waals surface area contributed by atoms with Crippen molar-refractivity contribution in [1.82, 2.24) is 10.2 Å². The number of likely N-dealkylation sites (tertiary alicyclic amines) is 1. The molecule has 0 aromatic carbocycles. The average Bonchev–Trinajstić information content (AvgIpc) is 2.01. The zero-order valence-corrected chi connectivity index (χ0v) is 8.12. The van der Waals surface area contributed by atoms with Gasteiger partial charge < -0.3 is 10.4 Å². The predicted molar refractivity (Wildman–Crippen MR) is 50.4 cm³/mol. The summed E-state index contributed by atoms with van der Waals surface area (Å²) in [4.78, 5) is 13.3. The Kier molecular flexibility index (Phi) is 4.18. The van der Waals surface area contributed by atoms with Gasteiger partial charge in [0.25, 0.3) is 0 Å². The van der Waals surface area contributed by atoms with E-state index in [9.17, 15) is 4.79 Å². The van der Waals surface area contributed by atoms with E-state index in [0.29, 0.717) is 12.5 Å². The molecule has 4 nitrogen and oxygen atoms in total. The van der Waals surface area contributed by atoms with Crippen LogP contribution >= 0.6 is 0 Å². The molecule has 0 radical (unpaired) electrons. The monoisotopic (exact) mass is 186 g/mol. The van der Waals surface area contributed by atoms with E-state index in [1.54, 1.807) is 0 Å². The number of carbonyl (C=O) groups excluding carboxylic acids is 1. The standard InChI is InChI=1S/C9H18N2O2/c1-2-3-9(13)10-8-6-11(7-8)4-5-12/h8,12H,2-7H2,1H3,(H,10,13). The number of amides is 1. The highest BCUT2D eigenvalue weighted by molar-refractivity contribution is 5.76. The van der Waals surface area contributed by atoms with Crippen molar-refractivity contribution in [3.63, 3.8) is 0 Å². The molecule has 0 atom stereocenters. The summed E-state index contributed by atoms with van der Waals surface area (Å²) >= 11 is 0. The van der Waals surface area contributed by atoms with E-state index in [1.807, 2.05) is 6.92 Å². The van der Waals surface area contributed by atoms with Crippen LogP contribution in [0.1, 0.15) is 19.8 Å². The van der Waals surface area contributed by atoms with E-state index >= 15 is 0 Å². The quantitative estimate of drug-likeness (QED) is 0.613. The van der Waals surface area contributed by atoms with Crippen molar-refractivity contribution in [1.29, 1.82) is 0 Å². The molecule has 4 heteroatoms. The second-order valence-corrected chi connectivity index (χ2v) is 3.50. The number of nitrogens with one attached hydrogen (secondary N) is 1. The van der Waals surface area contributed by atoms with Crippen LogP contribution < -0.4 is 5.32 Å². The molecule has 1 aliphatic rings. The van der Waals surface area contributed by atoms with E-state index in [1.165, 1.54) is 0 Å². The number of hydrogen-bond acceptors (Lipinski definition) is 3. The van der Waals surface area contributed by atoms with Gasteiger partial charge in [0, 0.05) is 26.1 Å².